The molecule has 1 fully saturated rings. The van der Waals surface area contributed by atoms with Crippen molar-refractivity contribution in [3.63, 3.8) is 0 Å². The van der Waals surface area contributed by atoms with Crippen molar-refractivity contribution in [2.45, 2.75) is 26.2 Å². The second-order valence-electron chi connectivity index (χ2n) is 7.09. The van der Waals surface area contributed by atoms with Gasteiger partial charge in [-0.2, -0.15) is 0 Å². The monoisotopic (exact) mass is 365 g/mol. The summed E-state index contributed by atoms with van der Waals surface area (Å²) in [6.45, 7) is 4.43. The minimum absolute atomic E-state index is 0.00150. The molecule has 2 aromatic rings. The van der Waals surface area contributed by atoms with Gasteiger partial charge in [0.1, 0.15) is 0 Å². The molecule has 5 nitrogen and oxygen atoms in total. The van der Waals surface area contributed by atoms with Gasteiger partial charge in [0.2, 0.25) is 5.91 Å². The molecule has 0 bridgehead atoms. The van der Waals surface area contributed by atoms with Gasteiger partial charge in [0, 0.05) is 43.9 Å². The summed E-state index contributed by atoms with van der Waals surface area (Å²) in [6.07, 6.45) is 2.05. The summed E-state index contributed by atoms with van der Waals surface area (Å²) in [5.74, 6) is 0.159. The van der Waals surface area contributed by atoms with E-state index in [1.807, 2.05) is 59.2 Å². The number of aryl methyl sites for hydroxylation is 2. The first kappa shape index (κ1) is 19.0. The Balaban J connectivity index is 1.57. The maximum atomic E-state index is 12.9. The molecular weight excluding hydrogens is 338 g/mol. The Morgan fingerprint density at radius 1 is 0.963 bits per heavy atom. The molecule has 2 aromatic carbocycles. The summed E-state index contributed by atoms with van der Waals surface area (Å²) in [5.41, 5.74) is 9.19. The molecule has 1 heterocycles. The van der Waals surface area contributed by atoms with E-state index >= 15 is 0 Å². The van der Waals surface area contributed by atoms with Crippen molar-refractivity contribution in [3.8, 4) is 0 Å². The minimum Gasteiger partial charge on any atom is -0.399 e. The standard InChI is InChI=1S/C22H27N3O2/c1-17-8-10-19(23)16-20(17)22(27)25-13-5-12-24(14-15-25)21(26)11-9-18-6-3-2-4-7-18/h2-4,6-8,10,16H,5,9,11-15,23H2,1H3. The Labute approximate surface area is 160 Å². The lowest BCUT2D eigenvalue weighted by atomic mass is 10.1. The molecule has 0 aromatic heterocycles. The van der Waals surface area contributed by atoms with Gasteiger partial charge in [-0.1, -0.05) is 36.4 Å². The fraction of sp³-hybridized carbons (Fsp3) is 0.364. The first-order chi connectivity index (χ1) is 13.0. The number of carbonyl (C=O) groups excluding carboxylic acids is 2. The fourth-order valence-corrected chi connectivity index (χ4v) is 3.46. The number of nitrogens with zero attached hydrogens (tertiary/aromatic N) is 2. The SMILES string of the molecule is Cc1ccc(N)cc1C(=O)N1CCCN(C(=O)CCc2ccccc2)CC1. The Morgan fingerprint density at radius 2 is 1.67 bits per heavy atom. The normalized spacial score (nSPS) is 14.7. The summed E-state index contributed by atoms with van der Waals surface area (Å²) < 4.78 is 0. The number of carbonyl (C=O) groups is 2. The lowest BCUT2D eigenvalue weighted by Gasteiger charge is -2.23. The second kappa shape index (κ2) is 8.71. The highest BCUT2D eigenvalue weighted by Gasteiger charge is 2.23. The van der Waals surface area contributed by atoms with Gasteiger partial charge >= 0.3 is 0 Å². The van der Waals surface area contributed by atoms with Gasteiger partial charge in [-0.25, -0.2) is 0 Å². The largest absolute Gasteiger partial charge is 0.399 e. The van der Waals surface area contributed by atoms with Crippen molar-refractivity contribution in [1.29, 1.82) is 0 Å². The van der Waals surface area contributed by atoms with Gasteiger partial charge in [-0.05, 0) is 43.0 Å². The van der Waals surface area contributed by atoms with Crippen LogP contribution in [-0.4, -0.2) is 47.8 Å². The van der Waals surface area contributed by atoms with Crippen LogP contribution in [0.2, 0.25) is 0 Å². The Morgan fingerprint density at radius 3 is 2.44 bits per heavy atom. The van der Waals surface area contributed by atoms with Gasteiger partial charge in [0.05, 0.1) is 0 Å². The molecule has 5 heteroatoms. The van der Waals surface area contributed by atoms with Crippen LogP contribution in [0.3, 0.4) is 0 Å². The third-order valence-electron chi connectivity index (χ3n) is 5.10. The van der Waals surface area contributed by atoms with Crippen molar-refractivity contribution < 1.29 is 9.59 Å². The van der Waals surface area contributed by atoms with Gasteiger partial charge in [-0.15, -0.1) is 0 Å². The number of anilines is 1. The summed E-state index contributed by atoms with van der Waals surface area (Å²) in [4.78, 5) is 29.2. The lowest BCUT2D eigenvalue weighted by Crippen LogP contribution is -2.37. The van der Waals surface area contributed by atoms with Gasteiger partial charge < -0.3 is 15.5 Å². The third-order valence-corrected chi connectivity index (χ3v) is 5.10. The van der Waals surface area contributed by atoms with Crippen LogP contribution in [0.15, 0.2) is 48.5 Å². The molecule has 2 amide bonds. The summed E-state index contributed by atoms with van der Waals surface area (Å²) in [7, 11) is 0. The molecule has 1 aliphatic heterocycles. The van der Waals surface area contributed by atoms with Crippen molar-refractivity contribution in [2.75, 3.05) is 31.9 Å². The van der Waals surface area contributed by atoms with Crippen LogP contribution in [0.1, 0.15) is 34.3 Å². The molecule has 1 aliphatic rings. The number of nitrogen functional groups attached to an aromatic ring is 1. The number of amides is 2. The smallest absolute Gasteiger partial charge is 0.254 e. The molecule has 0 aliphatic carbocycles. The van der Waals surface area contributed by atoms with E-state index in [1.165, 1.54) is 5.56 Å². The first-order valence-electron chi connectivity index (χ1n) is 9.51. The Kier molecular flexibility index (Phi) is 6.12. The van der Waals surface area contributed by atoms with Crippen molar-refractivity contribution >= 4 is 17.5 Å². The molecule has 142 valence electrons. The summed E-state index contributed by atoms with van der Waals surface area (Å²) >= 11 is 0. The zero-order chi connectivity index (χ0) is 19.2. The van der Waals surface area contributed by atoms with Crippen molar-refractivity contribution in [3.05, 3.63) is 65.2 Å². The second-order valence-corrected chi connectivity index (χ2v) is 7.09. The molecule has 0 spiro atoms. The quantitative estimate of drug-likeness (QED) is 0.847. The van der Waals surface area contributed by atoms with Crippen LogP contribution in [-0.2, 0) is 11.2 Å². The van der Waals surface area contributed by atoms with E-state index in [-0.39, 0.29) is 11.8 Å². The topological polar surface area (TPSA) is 66.6 Å². The van der Waals surface area contributed by atoms with Crippen molar-refractivity contribution in [1.82, 2.24) is 9.80 Å². The third kappa shape index (κ3) is 4.88. The number of rotatable bonds is 4. The van der Waals surface area contributed by atoms with Gasteiger partial charge in [0.25, 0.3) is 5.91 Å². The highest BCUT2D eigenvalue weighted by Crippen LogP contribution is 2.17. The molecule has 1 saturated heterocycles. The van der Waals surface area contributed by atoms with Crippen LogP contribution >= 0.6 is 0 Å². The average molecular weight is 365 g/mol. The first-order valence-corrected chi connectivity index (χ1v) is 9.51. The van der Waals surface area contributed by atoms with Crippen LogP contribution in [0.25, 0.3) is 0 Å². The molecule has 3 rings (SSSR count). The Bertz CT molecular complexity index is 804. The van der Waals surface area contributed by atoms with E-state index < -0.39 is 0 Å². The molecular formula is C22H27N3O2. The molecule has 2 N–H and O–H groups in total. The maximum Gasteiger partial charge on any atom is 0.254 e. The number of nitrogens with two attached hydrogens (primary N) is 1. The zero-order valence-corrected chi connectivity index (χ0v) is 15.9. The van der Waals surface area contributed by atoms with Crippen LogP contribution < -0.4 is 5.73 Å². The molecule has 0 unspecified atom stereocenters. The van der Waals surface area contributed by atoms with E-state index in [2.05, 4.69) is 0 Å². The predicted molar refractivity (Wildman–Crippen MR) is 107 cm³/mol. The molecule has 0 atom stereocenters. The molecule has 0 saturated carbocycles. The van der Waals surface area contributed by atoms with Crippen LogP contribution in [0, 0.1) is 6.92 Å². The van der Waals surface area contributed by atoms with E-state index in [0.29, 0.717) is 43.9 Å². The van der Waals surface area contributed by atoms with E-state index in [9.17, 15) is 9.59 Å². The average Bonchev–Trinajstić information content (AvgIpc) is 2.94. The van der Waals surface area contributed by atoms with E-state index in [0.717, 1.165) is 18.4 Å². The number of hydrogen-bond acceptors (Lipinski definition) is 3. The van der Waals surface area contributed by atoms with E-state index in [4.69, 9.17) is 5.73 Å². The van der Waals surface area contributed by atoms with Crippen LogP contribution in [0.4, 0.5) is 5.69 Å². The van der Waals surface area contributed by atoms with Crippen molar-refractivity contribution in [2.24, 2.45) is 0 Å². The maximum absolute atomic E-state index is 12.9. The minimum atomic E-state index is -0.00150. The molecule has 27 heavy (non-hydrogen) atoms. The lowest BCUT2D eigenvalue weighted by molar-refractivity contribution is -0.131. The van der Waals surface area contributed by atoms with Gasteiger partial charge in [-0.3, -0.25) is 9.59 Å². The fourth-order valence-electron chi connectivity index (χ4n) is 3.46. The predicted octanol–water partition coefficient (Wildman–Crippen LogP) is 2.88. The number of hydrogen-bond donors (Lipinski definition) is 1. The highest BCUT2D eigenvalue weighted by molar-refractivity contribution is 5.96. The Hall–Kier alpha value is -2.82. The van der Waals surface area contributed by atoms with E-state index in [1.54, 1.807) is 6.07 Å². The summed E-state index contributed by atoms with van der Waals surface area (Å²) in [6, 6.07) is 15.5. The highest BCUT2D eigenvalue weighted by atomic mass is 16.2. The summed E-state index contributed by atoms with van der Waals surface area (Å²) in [5, 5.41) is 0. The van der Waals surface area contributed by atoms with Crippen LogP contribution in [0.5, 0.6) is 0 Å². The zero-order valence-electron chi connectivity index (χ0n) is 15.9. The van der Waals surface area contributed by atoms with Gasteiger partial charge in [0.15, 0.2) is 0 Å². The molecule has 0 radical (unpaired) electrons. The number of benzene rings is 2.